The Balaban J connectivity index is 0.00000225. The molecular weight excluding hydrogens is 344 g/mol. The Labute approximate surface area is 156 Å². The molecule has 1 aliphatic carbocycles. The van der Waals surface area contributed by atoms with Crippen LogP contribution in [0.4, 0.5) is 4.79 Å². The summed E-state index contributed by atoms with van der Waals surface area (Å²) in [7, 11) is 1.43. The largest absolute Gasteiger partial charge is 0.469 e. The van der Waals surface area contributed by atoms with Gasteiger partial charge in [0.05, 0.1) is 12.5 Å². The molecule has 7 heteroatoms. The molecule has 2 saturated heterocycles. The van der Waals surface area contributed by atoms with Crippen molar-refractivity contribution in [1.82, 2.24) is 4.90 Å². The molecule has 1 amide bonds. The van der Waals surface area contributed by atoms with E-state index < -0.39 is 11.0 Å². The highest BCUT2D eigenvalue weighted by atomic mass is 35.5. The number of rotatable bonds is 2. The maximum Gasteiger partial charge on any atom is 0.410 e. The van der Waals surface area contributed by atoms with E-state index in [-0.39, 0.29) is 42.0 Å². The van der Waals surface area contributed by atoms with Gasteiger partial charge in [0, 0.05) is 18.6 Å². The van der Waals surface area contributed by atoms with Crippen LogP contribution in [0.1, 0.15) is 53.4 Å². The molecule has 2 bridgehead atoms. The highest BCUT2D eigenvalue weighted by Crippen LogP contribution is 2.72. The van der Waals surface area contributed by atoms with E-state index in [4.69, 9.17) is 15.2 Å². The molecule has 1 spiro atoms. The normalized spacial score (nSPS) is 39.0. The molecule has 0 aromatic rings. The number of halogens is 1. The van der Waals surface area contributed by atoms with E-state index in [0.29, 0.717) is 12.5 Å². The summed E-state index contributed by atoms with van der Waals surface area (Å²) in [6, 6.07) is 0.253. The number of amides is 1. The van der Waals surface area contributed by atoms with E-state index in [9.17, 15) is 9.59 Å². The van der Waals surface area contributed by atoms with Crippen LogP contribution in [0.15, 0.2) is 0 Å². The van der Waals surface area contributed by atoms with Crippen LogP contribution in [0.25, 0.3) is 0 Å². The Hall–Kier alpha value is -1.01. The molecule has 144 valence electrons. The third kappa shape index (κ3) is 3.01. The molecule has 2 N–H and O–H groups in total. The van der Waals surface area contributed by atoms with Crippen molar-refractivity contribution < 1.29 is 19.1 Å². The number of hydrogen-bond donors (Lipinski definition) is 1. The van der Waals surface area contributed by atoms with Crippen LogP contribution in [0.2, 0.25) is 0 Å². The number of piperidine rings is 1. The lowest BCUT2D eigenvalue weighted by Crippen LogP contribution is -2.51. The van der Waals surface area contributed by atoms with Gasteiger partial charge >= 0.3 is 12.1 Å². The van der Waals surface area contributed by atoms with Crippen molar-refractivity contribution in [3.05, 3.63) is 0 Å². The lowest BCUT2D eigenvalue weighted by atomic mass is 9.79. The molecule has 0 aromatic heterocycles. The molecule has 5 atom stereocenters. The third-order valence-corrected chi connectivity index (χ3v) is 6.34. The standard InChI is InChI=1S/C18H30N2O4.ClH/c1-11-6-12-7-17(9-18(17,10-19)14(21)23-5)8-13(11)20(12)15(22)24-16(2,3)4;/h11-13H,6-10,19H2,1-5H3;1H. The van der Waals surface area contributed by atoms with Crippen LogP contribution in [0.5, 0.6) is 0 Å². The number of ether oxygens (including phenoxy) is 2. The minimum absolute atomic E-state index is 0. The van der Waals surface area contributed by atoms with Gasteiger partial charge in [-0.3, -0.25) is 4.79 Å². The van der Waals surface area contributed by atoms with E-state index in [1.807, 2.05) is 25.7 Å². The minimum Gasteiger partial charge on any atom is -0.469 e. The second-order valence-electron chi connectivity index (χ2n) is 8.96. The van der Waals surface area contributed by atoms with Gasteiger partial charge in [0.15, 0.2) is 0 Å². The summed E-state index contributed by atoms with van der Waals surface area (Å²) < 4.78 is 10.6. The van der Waals surface area contributed by atoms with Gasteiger partial charge < -0.3 is 20.1 Å². The maximum absolute atomic E-state index is 12.7. The van der Waals surface area contributed by atoms with Crippen molar-refractivity contribution in [1.29, 1.82) is 0 Å². The lowest BCUT2D eigenvalue weighted by molar-refractivity contribution is -0.149. The molecule has 5 unspecified atom stereocenters. The molecule has 3 fully saturated rings. The van der Waals surface area contributed by atoms with Gasteiger partial charge in [-0.05, 0) is 57.8 Å². The minimum atomic E-state index is -0.553. The summed E-state index contributed by atoms with van der Waals surface area (Å²) in [4.78, 5) is 26.9. The fourth-order valence-electron chi connectivity index (χ4n) is 5.18. The Kier molecular flexibility index (Phi) is 5.12. The Morgan fingerprint density at radius 1 is 1.28 bits per heavy atom. The van der Waals surface area contributed by atoms with Crippen LogP contribution in [0.3, 0.4) is 0 Å². The Morgan fingerprint density at radius 2 is 1.92 bits per heavy atom. The molecule has 25 heavy (non-hydrogen) atoms. The van der Waals surface area contributed by atoms with Crippen LogP contribution < -0.4 is 5.73 Å². The zero-order valence-corrected chi connectivity index (χ0v) is 16.6. The summed E-state index contributed by atoms with van der Waals surface area (Å²) in [5.41, 5.74) is 4.81. The van der Waals surface area contributed by atoms with E-state index in [1.165, 1.54) is 7.11 Å². The van der Waals surface area contributed by atoms with Crippen LogP contribution >= 0.6 is 12.4 Å². The average Bonchev–Trinajstić information content (AvgIpc) is 3.04. The molecule has 0 radical (unpaired) electrons. The van der Waals surface area contributed by atoms with Crippen LogP contribution in [-0.2, 0) is 14.3 Å². The predicted molar refractivity (Wildman–Crippen MR) is 96.5 cm³/mol. The first-order valence-electron chi connectivity index (χ1n) is 8.89. The number of carbonyl (C=O) groups is 2. The summed E-state index contributed by atoms with van der Waals surface area (Å²) in [6.07, 6.45) is 3.16. The number of methoxy groups -OCH3 is 1. The van der Waals surface area contributed by atoms with Crippen molar-refractivity contribution in [3.8, 4) is 0 Å². The van der Waals surface area contributed by atoms with Gasteiger partial charge in [0.2, 0.25) is 0 Å². The van der Waals surface area contributed by atoms with E-state index in [1.54, 1.807) is 0 Å². The molecule has 3 aliphatic rings. The van der Waals surface area contributed by atoms with E-state index in [2.05, 4.69) is 6.92 Å². The molecule has 2 aliphatic heterocycles. The summed E-state index contributed by atoms with van der Waals surface area (Å²) in [5, 5.41) is 0. The first-order valence-corrected chi connectivity index (χ1v) is 8.89. The van der Waals surface area contributed by atoms with Crippen LogP contribution in [0, 0.1) is 16.7 Å². The van der Waals surface area contributed by atoms with Gasteiger partial charge in [0.25, 0.3) is 0 Å². The van der Waals surface area contributed by atoms with Gasteiger partial charge in [-0.2, -0.15) is 0 Å². The quantitative estimate of drug-likeness (QED) is 0.751. The second kappa shape index (κ2) is 6.31. The Morgan fingerprint density at radius 3 is 2.40 bits per heavy atom. The summed E-state index contributed by atoms with van der Waals surface area (Å²) in [5.74, 6) is 0.221. The van der Waals surface area contributed by atoms with Crippen molar-refractivity contribution in [2.75, 3.05) is 13.7 Å². The smallest absolute Gasteiger partial charge is 0.410 e. The van der Waals surface area contributed by atoms with E-state index in [0.717, 1.165) is 25.7 Å². The highest BCUT2D eigenvalue weighted by molar-refractivity contribution is 5.85. The van der Waals surface area contributed by atoms with Gasteiger partial charge in [-0.15, -0.1) is 12.4 Å². The van der Waals surface area contributed by atoms with Crippen LogP contribution in [-0.4, -0.2) is 48.3 Å². The SMILES string of the molecule is COC(=O)C1(CN)CC12CC1CC(C)C(C2)N1C(=O)OC(C)(C)C.Cl. The fourth-order valence-corrected chi connectivity index (χ4v) is 5.18. The zero-order chi connectivity index (χ0) is 17.9. The number of esters is 1. The topological polar surface area (TPSA) is 81.9 Å². The van der Waals surface area contributed by atoms with Crippen molar-refractivity contribution in [2.24, 2.45) is 22.5 Å². The predicted octanol–water partition coefficient (Wildman–Crippen LogP) is 2.72. The molecule has 3 rings (SSSR count). The third-order valence-electron chi connectivity index (χ3n) is 6.34. The number of nitrogens with zero attached hydrogens (tertiary/aromatic N) is 1. The monoisotopic (exact) mass is 374 g/mol. The molecule has 0 aromatic carbocycles. The highest BCUT2D eigenvalue weighted by Gasteiger charge is 2.75. The number of fused-ring (bicyclic) bond motifs is 2. The average molecular weight is 375 g/mol. The van der Waals surface area contributed by atoms with Crippen molar-refractivity contribution in [2.45, 2.75) is 71.1 Å². The molecule has 2 heterocycles. The van der Waals surface area contributed by atoms with Gasteiger partial charge in [-0.25, -0.2) is 4.79 Å². The maximum atomic E-state index is 12.7. The zero-order valence-electron chi connectivity index (χ0n) is 15.8. The summed E-state index contributed by atoms with van der Waals surface area (Å²) >= 11 is 0. The van der Waals surface area contributed by atoms with Gasteiger partial charge in [0.1, 0.15) is 5.60 Å². The first-order chi connectivity index (χ1) is 11.1. The molecule has 6 nitrogen and oxygen atoms in total. The van der Waals surface area contributed by atoms with E-state index >= 15 is 0 Å². The number of hydrogen-bond acceptors (Lipinski definition) is 5. The molecule has 1 saturated carbocycles. The number of nitrogens with two attached hydrogens (primary N) is 1. The summed E-state index contributed by atoms with van der Waals surface area (Å²) in [6.45, 7) is 8.17. The molecular formula is C18H31ClN2O4. The fraction of sp³-hybridized carbons (Fsp3) is 0.889. The van der Waals surface area contributed by atoms with Crippen molar-refractivity contribution in [3.63, 3.8) is 0 Å². The second-order valence-corrected chi connectivity index (χ2v) is 8.96. The van der Waals surface area contributed by atoms with Crippen molar-refractivity contribution >= 4 is 24.5 Å². The first kappa shape index (κ1) is 20.3. The number of carbonyl (C=O) groups excluding carboxylic acids is 2. The lowest BCUT2D eigenvalue weighted by Gasteiger charge is -2.42. The van der Waals surface area contributed by atoms with Gasteiger partial charge in [-0.1, -0.05) is 6.92 Å². The Bertz CT molecular complexity index is 564.